The normalized spacial score (nSPS) is 15.0. The van der Waals surface area contributed by atoms with Crippen molar-refractivity contribution in [3.63, 3.8) is 0 Å². The first-order valence-corrected chi connectivity index (χ1v) is 9.25. The van der Waals surface area contributed by atoms with Crippen LogP contribution in [0, 0.1) is 13.8 Å². The summed E-state index contributed by atoms with van der Waals surface area (Å²) in [7, 11) is 1.98. The molecule has 1 atom stereocenters. The average molecular weight is 465 g/mol. The van der Waals surface area contributed by atoms with Crippen molar-refractivity contribution in [2.24, 2.45) is 12.8 Å². The Bertz CT molecular complexity index is 761. The summed E-state index contributed by atoms with van der Waals surface area (Å²) in [5.41, 5.74) is 10.9. The molecule has 0 spiro atoms. The van der Waals surface area contributed by atoms with Crippen LogP contribution in [-0.2, 0) is 24.8 Å². The number of nitrogens with zero attached hydrogens (tertiary/aromatic N) is 4. The van der Waals surface area contributed by atoms with E-state index in [1.165, 1.54) is 11.3 Å². The van der Waals surface area contributed by atoms with Gasteiger partial charge in [-0.15, -0.1) is 37.2 Å². The van der Waals surface area contributed by atoms with Crippen molar-refractivity contribution in [1.29, 1.82) is 0 Å². The van der Waals surface area contributed by atoms with E-state index < -0.39 is 6.04 Å². The van der Waals surface area contributed by atoms with E-state index in [1.54, 1.807) is 0 Å². The Labute approximate surface area is 192 Å². The molecule has 0 bridgehead atoms. The number of nitrogens with two attached hydrogens (primary N) is 1. The molecule has 0 radical (unpaired) electrons. The summed E-state index contributed by atoms with van der Waals surface area (Å²) in [6, 6.07) is 9.50. The first-order valence-electron chi connectivity index (χ1n) is 9.25. The molecule has 0 aliphatic carbocycles. The maximum absolute atomic E-state index is 12.6. The predicted molar refractivity (Wildman–Crippen MR) is 124 cm³/mol. The third-order valence-electron chi connectivity index (χ3n) is 5.34. The Hall–Kier alpha value is -1.31. The van der Waals surface area contributed by atoms with E-state index >= 15 is 0 Å². The van der Waals surface area contributed by atoms with Gasteiger partial charge >= 0.3 is 0 Å². The summed E-state index contributed by atoms with van der Waals surface area (Å²) in [4.78, 5) is 17.0. The molecule has 2 heterocycles. The van der Waals surface area contributed by atoms with Crippen molar-refractivity contribution in [2.75, 3.05) is 26.2 Å². The molecule has 1 unspecified atom stereocenters. The van der Waals surface area contributed by atoms with E-state index in [0.29, 0.717) is 6.42 Å². The zero-order valence-electron chi connectivity index (χ0n) is 17.2. The van der Waals surface area contributed by atoms with Crippen LogP contribution in [-0.4, -0.2) is 57.7 Å². The zero-order chi connectivity index (χ0) is 18.7. The molecule has 3 rings (SSSR count). The van der Waals surface area contributed by atoms with Crippen LogP contribution < -0.4 is 5.73 Å². The molecule has 6 nitrogen and oxygen atoms in total. The predicted octanol–water partition coefficient (Wildman–Crippen LogP) is 2.52. The number of amides is 1. The van der Waals surface area contributed by atoms with Crippen LogP contribution in [0.3, 0.4) is 0 Å². The van der Waals surface area contributed by atoms with Gasteiger partial charge in [0.05, 0.1) is 11.7 Å². The summed E-state index contributed by atoms with van der Waals surface area (Å²) in [6.45, 7) is 8.28. The quantitative estimate of drug-likeness (QED) is 0.738. The molecular formula is C20H32Cl3N5O. The second kappa shape index (κ2) is 12.4. The second-order valence-electron chi connectivity index (χ2n) is 7.17. The van der Waals surface area contributed by atoms with Gasteiger partial charge in [0.25, 0.3) is 0 Å². The lowest BCUT2D eigenvalue weighted by Crippen LogP contribution is -2.53. The third kappa shape index (κ3) is 6.86. The molecule has 1 saturated heterocycles. The number of hydrogen-bond acceptors (Lipinski definition) is 4. The number of carbonyl (C=O) groups excluding carboxylic acids is 1. The average Bonchev–Trinajstić information content (AvgIpc) is 2.88. The van der Waals surface area contributed by atoms with Gasteiger partial charge in [0.1, 0.15) is 0 Å². The van der Waals surface area contributed by atoms with Gasteiger partial charge in [-0.3, -0.25) is 14.4 Å². The number of carbonyl (C=O) groups is 1. The molecule has 9 heteroatoms. The lowest BCUT2D eigenvalue weighted by atomic mass is 10.1. The van der Waals surface area contributed by atoms with E-state index in [4.69, 9.17) is 5.73 Å². The molecule has 1 aromatic carbocycles. The van der Waals surface area contributed by atoms with Crippen LogP contribution in [0.2, 0.25) is 0 Å². The summed E-state index contributed by atoms with van der Waals surface area (Å²) >= 11 is 0. The van der Waals surface area contributed by atoms with Crippen molar-refractivity contribution in [2.45, 2.75) is 32.9 Å². The number of benzene rings is 1. The number of aromatic nitrogens is 2. The van der Waals surface area contributed by atoms with E-state index in [-0.39, 0.29) is 43.1 Å². The maximum Gasteiger partial charge on any atom is 0.239 e. The van der Waals surface area contributed by atoms with Crippen molar-refractivity contribution in [3.8, 4) is 0 Å². The van der Waals surface area contributed by atoms with Crippen LogP contribution in [0.25, 0.3) is 0 Å². The Balaban J connectivity index is 0.00000261. The highest BCUT2D eigenvalue weighted by atomic mass is 35.5. The molecule has 1 fully saturated rings. The summed E-state index contributed by atoms with van der Waals surface area (Å²) in [6.07, 6.45) is 0.591. The standard InChI is InChI=1S/C20H29N5O.3ClH/c1-15-18(16(2)23(3)22-15)14-24-9-11-25(12-10-24)20(26)19(21)13-17-7-5-4-6-8-17;;;/h4-8,19H,9-14,21H2,1-3H3;3*1H. The molecule has 2 N–H and O–H groups in total. The second-order valence-corrected chi connectivity index (χ2v) is 7.17. The van der Waals surface area contributed by atoms with E-state index in [0.717, 1.165) is 44.0 Å². The van der Waals surface area contributed by atoms with Crippen molar-refractivity contribution >= 4 is 43.1 Å². The smallest absolute Gasteiger partial charge is 0.239 e. The molecule has 1 aliphatic heterocycles. The largest absolute Gasteiger partial charge is 0.339 e. The minimum absolute atomic E-state index is 0. The van der Waals surface area contributed by atoms with Gasteiger partial charge in [-0.05, 0) is 25.8 Å². The lowest BCUT2D eigenvalue weighted by Gasteiger charge is -2.36. The molecule has 164 valence electrons. The number of halogens is 3. The van der Waals surface area contributed by atoms with Gasteiger partial charge in [-0.1, -0.05) is 30.3 Å². The number of hydrogen-bond donors (Lipinski definition) is 1. The van der Waals surface area contributed by atoms with Crippen molar-refractivity contribution in [3.05, 3.63) is 52.8 Å². The lowest BCUT2D eigenvalue weighted by molar-refractivity contribution is -0.134. The van der Waals surface area contributed by atoms with Crippen molar-refractivity contribution < 1.29 is 4.79 Å². The Morgan fingerprint density at radius 1 is 1.07 bits per heavy atom. The Morgan fingerprint density at radius 2 is 1.66 bits per heavy atom. The first-order chi connectivity index (χ1) is 12.5. The maximum atomic E-state index is 12.6. The summed E-state index contributed by atoms with van der Waals surface area (Å²) < 4.78 is 1.94. The van der Waals surface area contributed by atoms with E-state index in [9.17, 15) is 4.79 Å². The highest BCUT2D eigenvalue weighted by Crippen LogP contribution is 2.16. The van der Waals surface area contributed by atoms with Gasteiger partial charge in [0.2, 0.25) is 5.91 Å². The van der Waals surface area contributed by atoms with Crippen LogP contribution >= 0.6 is 37.2 Å². The highest BCUT2D eigenvalue weighted by Gasteiger charge is 2.26. The topological polar surface area (TPSA) is 67.4 Å². The van der Waals surface area contributed by atoms with Crippen LogP contribution in [0.15, 0.2) is 30.3 Å². The summed E-state index contributed by atoms with van der Waals surface area (Å²) in [5.74, 6) is 0.0576. The van der Waals surface area contributed by atoms with E-state index in [2.05, 4.69) is 23.8 Å². The fourth-order valence-electron chi connectivity index (χ4n) is 3.59. The minimum atomic E-state index is -0.466. The van der Waals surface area contributed by atoms with Crippen LogP contribution in [0.1, 0.15) is 22.5 Å². The number of rotatable bonds is 5. The molecule has 1 aliphatic rings. The fraction of sp³-hybridized carbons (Fsp3) is 0.500. The first kappa shape index (κ1) is 27.7. The van der Waals surface area contributed by atoms with Gasteiger partial charge in [0, 0.05) is 51.0 Å². The van der Waals surface area contributed by atoms with Gasteiger partial charge in [-0.2, -0.15) is 5.10 Å². The number of aryl methyl sites for hydroxylation is 2. The van der Waals surface area contributed by atoms with Crippen LogP contribution in [0.5, 0.6) is 0 Å². The fourth-order valence-corrected chi connectivity index (χ4v) is 3.59. The van der Waals surface area contributed by atoms with Crippen LogP contribution in [0.4, 0.5) is 0 Å². The molecular weight excluding hydrogens is 433 g/mol. The van der Waals surface area contributed by atoms with Crippen molar-refractivity contribution in [1.82, 2.24) is 19.6 Å². The third-order valence-corrected chi connectivity index (χ3v) is 5.34. The molecule has 1 aromatic heterocycles. The number of piperazine rings is 1. The van der Waals surface area contributed by atoms with Gasteiger partial charge in [0.15, 0.2) is 0 Å². The minimum Gasteiger partial charge on any atom is -0.339 e. The highest BCUT2D eigenvalue weighted by molar-refractivity contribution is 5.86. The Morgan fingerprint density at radius 3 is 2.17 bits per heavy atom. The SMILES string of the molecule is Cc1nn(C)c(C)c1CN1CCN(C(=O)C(N)Cc2ccccc2)CC1.Cl.Cl.Cl. The molecule has 29 heavy (non-hydrogen) atoms. The van der Waals surface area contributed by atoms with Gasteiger partial charge < -0.3 is 10.6 Å². The molecule has 1 amide bonds. The zero-order valence-corrected chi connectivity index (χ0v) is 19.7. The monoisotopic (exact) mass is 463 g/mol. The molecule has 2 aromatic rings. The Kier molecular flexibility index (Phi) is 11.8. The van der Waals surface area contributed by atoms with E-state index in [1.807, 2.05) is 47.0 Å². The molecule has 0 saturated carbocycles. The summed E-state index contributed by atoms with van der Waals surface area (Å²) in [5, 5.41) is 4.49. The van der Waals surface area contributed by atoms with Gasteiger partial charge in [-0.25, -0.2) is 0 Å².